The summed E-state index contributed by atoms with van der Waals surface area (Å²) in [4.78, 5) is 25.4. The van der Waals surface area contributed by atoms with Crippen LogP contribution < -0.4 is 10.9 Å². The van der Waals surface area contributed by atoms with Gasteiger partial charge in [0.2, 0.25) is 5.82 Å². The van der Waals surface area contributed by atoms with Crippen LogP contribution in [0.1, 0.15) is 42.7 Å². The number of hydrogen-bond acceptors (Lipinski definition) is 6. The maximum Gasteiger partial charge on any atom is 0.301 e. The van der Waals surface area contributed by atoms with Crippen LogP contribution in [0, 0.1) is 0 Å². The van der Waals surface area contributed by atoms with Gasteiger partial charge in [0.1, 0.15) is 11.2 Å². The molecule has 0 unspecified atom stereocenters. The molecule has 0 atom stereocenters. The van der Waals surface area contributed by atoms with Crippen molar-refractivity contribution in [3.63, 3.8) is 0 Å². The molecule has 2 aromatic heterocycles. The van der Waals surface area contributed by atoms with Crippen LogP contribution in [-0.4, -0.2) is 31.7 Å². The van der Waals surface area contributed by atoms with Crippen LogP contribution in [0.3, 0.4) is 0 Å². The van der Waals surface area contributed by atoms with Crippen molar-refractivity contribution in [2.45, 2.75) is 42.9 Å². The number of aromatic nitrogens is 4. The highest BCUT2D eigenvalue weighted by atomic mass is 32.2. The van der Waals surface area contributed by atoms with Crippen molar-refractivity contribution in [2.24, 2.45) is 0 Å². The summed E-state index contributed by atoms with van der Waals surface area (Å²) in [5, 5.41) is 0.696. The Morgan fingerprint density at radius 3 is 2.86 bits per heavy atom. The molecule has 2 N–H and O–H groups in total. The molecule has 0 aromatic carbocycles. The Morgan fingerprint density at radius 2 is 2.10 bits per heavy atom. The van der Waals surface area contributed by atoms with E-state index in [1.165, 1.54) is 18.2 Å². The second-order valence-electron chi connectivity index (χ2n) is 5.51. The van der Waals surface area contributed by atoms with Gasteiger partial charge >= 0.3 is 5.91 Å². The second-order valence-corrected chi connectivity index (χ2v) is 6.28. The minimum absolute atomic E-state index is 0.213. The van der Waals surface area contributed by atoms with Crippen molar-refractivity contribution in [2.75, 3.05) is 6.26 Å². The standard InChI is InChI=1S/C13H16N6OS/c1-21-12-14-7-8-9(16-12)19-10(15-8)11(20)17-18-13(19)5-3-2-4-6-13/h7,18H,2-6H2,1H3,(H,17,20). The van der Waals surface area contributed by atoms with Crippen LogP contribution >= 0.6 is 11.8 Å². The number of carbonyl (C=O) groups excluding carboxylic acids is 1. The van der Waals surface area contributed by atoms with Gasteiger partial charge < -0.3 is 0 Å². The Balaban J connectivity index is 1.99. The summed E-state index contributed by atoms with van der Waals surface area (Å²) in [7, 11) is 0. The van der Waals surface area contributed by atoms with Crippen LogP contribution in [0.5, 0.6) is 0 Å². The number of nitrogens with zero attached hydrogens (tertiary/aromatic N) is 4. The molecule has 1 aliphatic carbocycles. The van der Waals surface area contributed by atoms with Gasteiger partial charge in [-0.15, -0.1) is 0 Å². The molecule has 1 spiro atoms. The lowest BCUT2D eigenvalue weighted by Gasteiger charge is -2.42. The van der Waals surface area contributed by atoms with E-state index in [2.05, 4.69) is 25.8 Å². The zero-order valence-electron chi connectivity index (χ0n) is 11.7. The maximum atomic E-state index is 12.1. The Kier molecular flexibility index (Phi) is 2.90. The van der Waals surface area contributed by atoms with Gasteiger partial charge in [0.25, 0.3) is 0 Å². The molecule has 1 fully saturated rings. The van der Waals surface area contributed by atoms with E-state index in [1.54, 1.807) is 6.20 Å². The lowest BCUT2D eigenvalue weighted by Crippen LogP contribution is -2.61. The number of imidazole rings is 1. The number of amides is 1. The lowest BCUT2D eigenvalue weighted by molar-refractivity contribution is 0.0636. The third-order valence-electron chi connectivity index (χ3n) is 4.28. The SMILES string of the molecule is CSc1ncc2nc3n(c2n1)C1(CCCCC1)NNC3=O. The van der Waals surface area contributed by atoms with Gasteiger partial charge in [0.15, 0.2) is 10.8 Å². The minimum Gasteiger partial charge on any atom is -0.284 e. The van der Waals surface area contributed by atoms with E-state index in [0.717, 1.165) is 31.3 Å². The van der Waals surface area contributed by atoms with Crippen LogP contribution in [-0.2, 0) is 5.66 Å². The Labute approximate surface area is 125 Å². The highest BCUT2D eigenvalue weighted by Gasteiger charge is 2.42. The highest BCUT2D eigenvalue weighted by Crippen LogP contribution is 2.37. The summed E-state index contributed by atoms with van der Waals surface area (Å²) in [5.74, 6) is 0.216. The molecule has 0 saturated heterocycles. The van der Waals surface area contributed by atoms with Gasteiger partial charge in [0, 0.05) is 0 Å². The first-order chi connectivity index (χ1) is 10.2. The molecule has 2 aromatic rings. The van der Waals surface area contributed by atoms with Gasteiger partial charge in [-0.2, -0.15) is 0 Å². The van der Waals surface area contributed by atoms with Gasteiger partial charge in [-0.3, -0.25) is 14.8 Å². The van der Waals surface area contributed by atoms with Gasteiger partial charge in [-0.05, 0) is 31.9 Å². The zero-order chi connectivity index (χ0) is 14.4. The number of nitrogens with one attached hydrogen (secondary N) is 2. The van der Waals surface area contributed by atoms with E-state index in [-0.39, 0.29) is 11.6 Å². The minimum atomic E-state index is -0.305. The molecule has 21 heavy (non-hydrogen) atoms. The topological polar surface area (TPSA) is 84.7 Å². The number of carbonyl (C=O) groups is 1. The molecule has 110 valence electrons. The zero-order valence-corrected chi connectivity index (χ0v) is 12.5. The molecular formula is C13H16N6OS. The van der Waals surface area contributed by atoms with E-state index in [9.17, 15) is 4.79 Å². The molecule has 8 heteroatoms. The molecule has 4 rings (SSSR count). The van der Waals surface area contributed by atoms with Gasteiger partial charge in [0.05, 0.1) is 6.20 Å². The number of rotatable bonds is 1. The summed E-state index contributed by atoms with van der Waals surface area (Å²) in [6, 6.07) is 0. The average molecular weight is 304 g/mol. The Bertz CT molecular complexity index is 721. The summed E-state index contributed by atoms with van der Waals surface area (Å²) in [5.41, 5.74) is 7.09. The van der Waals surface area contributed by atoms with E-state index in [4.69, 9.17) is 0 Å². The van der Waals surface area contributed by atoms with Crippen LogP contribution in [0.15, 0.2) is 11.4 Å². The first-order valence-corrected chi connectivity index (χ1v) is 8.33. The normalized spacial score (nSPS) is 20.5. The summed E-state index contributed by atoms with van der Waals surface area (Å²) < 4.78 is 1.99. The molecule has 7 nitrogen and oxygen atoms in total. The Morgan fingerprint density at radius 1 is 1.29 bits per heavy atom. The lowest BCUT2D eigenvalue weighted by atomic mass is 9.88. The van der Waals surface area contributed by atoms with E-state index < -0.39 is 0 Å². The van der Waals surface area contributed by atoms with Crippen molar-refractivity contribution in [1.29, 1.82) is 0 Å². The maximum absolute atomic E-state index is 12.1. The summed E-state index contributed by atoms with van der Waals surface area (Å²) in [6.07, 6.45) is 9.04. The molecule has 0 radical (unpaired) electrons. The predicted octanol–water partition coefficient (Wildman–Crippen LogP) is 1.41. The number of hydrazine groups is 1. The molecule has 2 aliphatic rings. The molecule has 3 heterocycles. The average Bonchev–Trinajstić information content (AvgIpc) is 2.92. The second kappa shape index (κ2) is 4.67. The number of fused-ring (bicyclic) bond motifs is 4. The fourth-order valence-electron chi connectivity index (χ4n) is 3.28. The van der Waals surface area contributed by atoms with Crippen LogP contribution in [0.2, 0.25) is 0 Å². The van der Waals surface area contributed by atoms with E-state index >= 15 is 0 Å². The quantitative estimate of drug-likeness (QED) is 0.612. The van der Waals surface area contributed by atoms with Gasteiger partial charge in [-0.25, -0.2) is 20.4 Å². The van der Waals surface area contributed by atoms with E-state index in [1.807, 2.05) is 10.8 Å². The fraction of sp³-hybridized carbons (Fsp3) is 0.538. The molecule has 1 saturated carbocycles. The van der Waals surface area contributed by atoms with Crippen LogP contribution in [0.25, 0.3) is 11.2 Å². The number of hydrogen-bond donors (Lipinski definition) is 2. The number of thioether (sulfide) groups is 1. The van der Waals surface area contributed by atoms with Gasteiger partial charge in [-0.1, -0.05) is 18.2 Å². The molecule has 1 aliphatic heterocycles. The highest BCUT2D eigenvalue weighted by molar-refractivity contribution is 7.98. The first-order valence-electron chi connectivity index (χ1n) is 7.11. The van der Waals surface area contributed by atoms with E-state index in [0.29, 0.717) is 16.5 Å². The molecular weight excluding hydrogens is 288 g/mol. The summed E-state index contributed by atoms with van der Waals surface area (Å²) in [6.45, 7) is 0. The monoisotopic (exact) mass is 304 g/mol. The van der Waals surface area contributed by atoms with Crippen molar-refractivity contribution in [3.05, 3.63) is 12.0 Å². The first kappa shape index (κ1) is 13.0. The van der Waals surface area contributed by atoms with Crippen LogP contribution in [0.4, 0.5) is 0 Å². The smallest absolute Gasteiger partial charge is 0.284 e. The largest absolute Gasteiger partial charge is 0.301 e. The van der Waals surface area contributed by atoms with Crippen molar-refractivity contribution >= 4 is 28.8 Å². The third kappa shape index (κ3) is 1.86. The van der Waals surface area contributed by atoms with Crippen molar-refractivity contribution in [3.8, 4) is 0 Å². The fourth-order valence-corrected chi connectivity index (χ4v) is 3.62. The molecule has 0 bridgehead atoms. The summed E-state index contributed by atoms with van der Waals surface area (Å²) >= 11 is 1.49. The molecule has 1 amide bonds. The third-order valence-corrected chi connectivity index (χ3v) is 4.84. The van der Waals surface area contributed by atoms with Crippen molar-refractivity contribution < 1.29 is 4.79 Å². The van der Waals surface area contributed by atoms with Crippen molar-refractivity contribution in [1.82, 2.24) is 30.4 Å². The predicted molar refractivity (Wildman–Crippen MR) is 78.8 cm³/mol. The Hall–Kier alpha value is -1.67.